The van der Waals surface area contributed by atoms with Crippen LogP contribution in [-0.4, -0.2) is 24.6 Å². The summed E-state index contributed by atoms with van der Waals surface area (Å²) in [5.74, 6) is 1.32. The average Bonchev–Trinajstić information content (AvgIpc) is 2.99. The van der Waals surface area contributed by atoms with Crippen molar-refractivity contribution in [2.24, 2.45) is 5.41 Å². The van der Waals surface area contributed by atoms with E-state index in [1.807, 2.05) is 11.8 Å². The number of nitrogens with one attached hydrogen (secondary N) is 1. The Morgan fingerprint density at radius 2 is 2.14 bits per heavy atom. The van der Waals surface area contributed by atoms with Gasteiger partial charge in [0, 0.05) is 12.6 Å². The van der Waals surface area contributed by atoms with Crippen molar-refractivity contribution < 1.29 is 0 Å². The number of thioether (sulfide) groups is 1. The molecular formula is C12H25NS. The van der Waals surface area contributed by atoms with Crippen LogP contribution in [-0.2, 0) is 0 Å². The van der Waals surface area contributed by atoms with Gasteiger partial charge in [0.15, 0.2) is 0 Å². The van der Waals surface area contributed by atoms with Gasteiger partial charge >= 0.3 is 0 Å². The van der Waals surface area contributed by atoms with Gasteiger partial charge in [-0.1, -0.05) is 13.8 Å². The topological polar surface area (TPSA) is 12.0 Å². The summed E-state index contributed by atoms with van der Waals surface area (Å²) in [6.45, 7) is 5.99. The second kappa shape index (κ2) is 6.02. The highest BCUT2D eigenvalue weighted by molar-refractivity contribution is 7.98. The van der Waals surface area contributed by atoms with Gasteiger partial charge in [-0.3, -0.25) is 0 Å². The molecule has 0 saturated heterocycles. The Labute approximate surface area is 93.4 Å². The van der Waals surface area contributed by atoms with E-state index in [9.17, 15) is 0 Å². The van der Waals surface area contributed by atoms with Crippen molar-refractivity contribution in [3.8, 4) is 0 Å². The van der Waals surface area contributed by atoms with E-state index in [-0.39, 0.29) is 0 Å². The zero-order valence-electron chi connectivity index (χ0n) is 9.94. The lowest BCUT2D eigenvalue weighted by Gasteiger charge is -2.28. The van der Waals surface area contributed by atoms with Crippen LogP contribution in [0.2, 0.25) is 0 Å². The molecule has 84 valence electrons. The first-order chi connectivity index (χ1) is 6.70. The van der Waals surface area contributed by atoms with Crippen molar-refractivity contribution >= 4 is 11.8 Å². The summed E-state index contributed by atoms with van der Waals surface area (Å²) in [5.41, 5.74) is 0.540. The first-order valence-electron chi connectivity index (χ1n) is 5.92. The molecule has 0 radical (unpaired) electrons. The summed E-state index contributed by atoms with van der Waals surface area (Å²) in [6, 6.07) is 0.862. The van der Waals surface area contributed by atoms with E-state index in [0.717, 1.165) is 6.04 Å². The van der Waals surface area contributed by atoms with Gasteiger partial charge in [0.05, 0.1) is 0 Å². The van der Waals surface area contributed by atoms with Crippen LogP contribution in [0.4, 0.5) is 0 Å². The Hall–Kier alpha value is 0.310. The van der Waals surface area contributed by atoms with Crippen LogP contribution < -0.4 is 5.32 Å². The fourth-order valence-corrected chi connectivity index (χ4v) is 2.14. The van der Waals surface area contributed by atoms with Gasteiger partial charge in [0.25, 0.3) is 0 Å². The summed E-state index contributed by atoms with van der Waals surface area (Å²) in [7, 11) is 0. The second-order valence-electron chi connectivity index (χ2n) is 4.92. The fourth-order valence-electron chi connectivity index (χ4n) is 1.71. The average molecular weight is 215 g/mol. The zero-order chi connectivity index (χ0) is 10.4. The second-order valence-corrected chi connectivity index (χ2v) is 5.90. The predicted molar refractivity (Wildman–Crippen MR) is 67.0 cm³/mol. The van der Waals surface area contributed by atoms with Gasteiger partial charge in [-0.15, -0.1) is 0 Å². The van der Waals surface area contributed by atoms with E-state index in [1.54, 1.807) is 0 Å². The standard InChI is InChI=1S/C12H25NS/c1-4-12(2,8-5-9-14-3)10-13-11-6-7-11/h11,13H,4-10H2,1-3H3. The Kier molecular flexibility index (Phi) is 5.32. The summed E-state index contributed by atoms with van der Waals surface area (Å²) < 4.78 is 0. The largest absolute Gasteiger partial charge is 0.313 e. The fraction of sp³-hybridized carbons (Fsp3) is 1.00. The van der Waals surface area contributed by atoms with Crippen LogP contribution in [0.25, 0.3) is 0 Å². The first kappa shape index (κ1) is 12.4. The number of hydrogen-bond acceptors (Lipinski definition) is 2. The molecule has 1 atom stereocenters. The summed E-state index contributed by atoms with van der Waals surface area (Å²) in [4.78, 5) is 0. The zero-order valence-corrected chi connectivity index (χ0v) is 10.8. The third kappa shape index (κ3) is 4.70. The van der Waals surface area contributed by atoms with Crippen molar-refractivity contribution in [3.05, 3.63) is 0 Å². The SMILES string of the molecule is CCC(C)(CCCSC)CNC1CC1. The molecule has 1 aliphatic rings. The quantitative estimate of drug-likeness (QED) is 0.624. The Bertz CT molecular complexity index is 156. The molecule has 0 spiro atoms. The molecule has 0 aromatic heterocycles. The molecule has 1 nitrogen and oxygen atoms in total. The van der Waals surface area contributed by atoms with E-state index in [2.05, 4.69) is 25.4 Å². The molecule has 2 heteroatoms. The summed E-state index contributed by atoms with van der Waals surface area (Å²) in [5, 5.41) is 3.67. The molecule has 0 bridgehead atoms. The lowest BCUT2D eigenvalue weighted by atomic mass is 9.83. The van der Waals surface area contributed by atoms with Crippen LogP contribution in [0.5, 0.6) is 0 Å². The maximum absolute atomic E-state index is 3.67. The molecule has 1 rings (SSSR count). The molecule has 0 amide bonds. The molecule has 1 fully saturated rings. The minimum Gasteiger partial charge on any atom is -0.313 e. The Balaban J connectivity index is 2.15. The van der Waals surface area contributed by atoms with E-state index in [4.69, 9.17) is 0 Å². The van der Waals surface area contributed by atoms with Crippen LogP contribution in [0.3, 0.4) is 0 Å². The third-order valence-electron chi connectivity index (χ3n) is 3.38. The lowest BCUT2D eigenvalue weighted by molar-refractivity contribution is 0.266. The Morgan fingerprint density at radius 3 is 2.64 bits per heavy atom. The van der Waals surface area contributed by atoms with E-state index < -0.39 is 0 Å². The van der Waals surface area contributed by atoms with E-state index >= 15 is 0 Å². The molecule has 1 unspecified atom stereocenters. The predicted octanol–water partition coefficient (Wildman–Crippen LogP) is 3.30. The molecule has 1 aliphatic carbocycles. The van der Waals surface area contributed by atoms with Crippen molar-refractivity contribution in [1.29, 1.82) is 0 Å². The highest BCUT2D eigenvalue weighted by Gasteiger charge is 2.26. The van der Waals surface area contributed by atoms with Crippen LogP contribution in [0, 0.1) is 5.41 Å². The van der Waals surface area contributed by atoms with Crippen molar-refractivity contribution in [3.63, 3.8) is 0 Å². The van der Waals surface area contributed by atoms with Gasteiger partial charge in [-0.25, -0.2) is 0 Å². The van der Waals surface area contributed by atoms with Gasteiger partial charge in [0.1, 0.15) is 0 Å². The minimum atomic E-state index is 0.540. The molecular weight excluding hydrogens is 190 g/mol. The van der Waals surface area contributed by atoms with Crippen LogP contribution in [0.1, 0.15) is 46.0 Å². The highest BCUT2D eigenvalue weighted by Crippen LogP contribution is 2.29. The maximum atomic E-state index is 3.67. The Morgan fingerprint density at radius 1 is 1.43 bits per heavy atom. The summed E-state index contributed by atoms with van der Waals surface area (Å²) >= 11 is 1.97. The normalized spacial score (nSPS) is 20.8. The smallest absolute Gasteiger partial charge is 0.00684 e. The van der Waals surface area contributed by atoms with E-state index in [1.165, 1.54) is 44.4 Å². The van der Waals surface area contributed by atoms with Gasteiger partial charge in [-0.2, -0.15) is 11.8 Å². The maximum Gasteiger partial charge on any atom is 0.00684 e. The molecule has 0 heterocycles. The van der Waals surface area contributed by atoms with Crippen molar-refractivity contribution in [1.82, 2.24) is 5.32 Å². The number of hydrogen-bond donors (Lipinski definition) is 1. The lowest BCUT2D eigenvalue weighted by Crippen LogP contribution is -2.32. The van der Waals surface area contributed by atoms with E-state index in [0.29, 0.717) is 5.41 Å². The van der Waals surface area contributed by atoms with Crippen molar-refractivity contribution in [2.45, 2.75) is 52.0 Å². The number of rotatable bonds is 8. The van der Waals surface area contributed by atoms with Crippen LogP contribution in [0.15, 0.2) is 0 Å². The van der Waals surface area contributed by atoms with Crippen LogP contribution >= 0.6 is 11.8 Å². The molecule has 0 aliphatic heterocycles. The molecule has 14 heavy (non-hydrogen) atoms. The van der Waals surface area contributed by atoms with Crippen molar-refractivity contribution in [2.75, 3.05) is 18.6 Å². The van der Waals surface area contributed by atoms with Gasteiger partial charge < -0.3 is 5.32 Å². The minimum absolute atomic E-state index is 0.540. The molecule has 0 aromatic rings. The molecule has 1 N–H and O–H groups in total. The third-order valence-corrected chi connectivity index (χ3v) is 4.07. The monoisotopic (exact) mass is 215 g/mol. The van der Waals surface area contributed by atoms with Gasteiger partial charge in [0.2, 0.25) is 0 Å². The van der Waals surface area contributed by atoms with Gasteiger partial charge in [-0.05, 0) is 49.5 Å². The summed E-state index contributed by atoms with van der Waals surface area (Å²) in [6.07, 6.45) is 9.07. The first-order valence-corrected chi connectivity index (χ1v) is 7.32. The molecule has 0 aromatic carbocycles. The molecule has 1 saturated carbocycles. The highest BCUT2D eigenvalue weighted by atomic mass is 32.2.